The van der Waals surface area contributed by atoms with Crippen molar-refractivity contribution in [2.45, 2.75) is 11.4 Å². The van der Waals surface area contributed by atoms with Gasteiger partial charge in [0.05, 0.1) is 13.1 Å². The molecule has 1 aromatic heterocycles. The highest BCUT2D eigenvalue weighted by Gasteiger charge is 2.17. The van der Waals surface area contributed by atoms with Crippen LogP contribution >= 0.6 is 11.8 Å². The summed E-state index contributed by atoms with van der Waals surface area (Å²) in [7, 11) is 2.07. The molecule has 6 heteroatoms. The van der Waals surface area contributed by atoms with Gasteiger partial charge in [0.15, 0.2) is 5.76 Å². The van der Waals surface area contributed by atoms with Crippen molar-refractivity contribution in [3.05, 3.63) is 35.6 Å². The van der Waals surface area contributed by atoms with E-state index in [2.05, 4.69) is 46.6 Å². The quantitative estimate of drug-likeness (QED) is 0.877. The third-order valence-electron chi connectivity index (χ3n) is 3.55. The fourth-order valence-electron chi connectivity index (χ4n) is 2.42. The standard InChI is InChI=1S/C15H18N4OS/c1-19-6-5-17-15(19)10-3-4-12(14(7-10)21-2)13-8-11(9-16)20-18-13/h3-4,7-8H,5-6,9,16H2,1-2H3. The molecule has 0 saturated heterocycles. The van der Waals surface area contributed by atoms with E-state index in [9.17, 15) is 0 Å². The van der Waals surface area contributed by atoms with Crippen LogP contribution in [0.3, 0.4) is 0 Å². The van der Waals surface area contributed by atoms with E-state index in [0.717, 1.165) is 40.6 Å². The Hall–Kier alpha value is -1.79. The molecule has 21 heavy (non-hydrogen) atoms. The van der Waals surface area contributed by atoms with Crippen molar-refractivity contribution in [1.82, 2.24) is 10.1 Å². The lowest BCUT2D eigenvalue weighted by atomic mass is 10.1. The zero-order chi connectivity index (χ0) is 14.8. The zero-order valence-corrected chi connectivity index (χ0v) is 13.0. The number of thioether (sulfide) groups is 1. The van der Waals surface area contributed by atoms with Gasteiger partial charge in [-0.1, -0.05) is 17.3 Å². The largest absolute Gasteiger partial charge is 0.359 e. The molecule has 3 rings (SSSR count). The van der Waals surface area contributed by atoms with Crippen molar-refractivity contribution < 1.29 is 4.52 Å². The van der Waals surface area contributed by atoms with E-state index in [-0.39, 0.29) is 0 Å². The van der Waals surface area contributed by atoms with Crippen LogP contribution < -0.4 is 5.73 Å². The Balaban J connectivity index is 1.99. The van der Waals surface area contributed by atoms with Gasteiger partial charge in [-0.15, -0.1) is 11.8 Å². The molecule has 0 atom stereocenters. The van der Waals surface area contributed by atoms with Crippen LogP contribution in [0.15, 0.2) is 38.7 Å². The molecule has 1 aliphatic rings. The minimum atomic E-state index is 0.362. The fourth-order valence-corrected chi connectivity index (χ4v) is 3.06. The Morgan fingerprint density at radius 1 is 1.38 bits per heavy atom. The van der Waals surface area contributed by atoms with Gasteiger partial charge < -0.3 is 15.2 Å². The molecule has 5 nitrogen and oxygen atoms in total. The predicted octanol–water partition coefficient (Wildman–Crippen LogP) is 2.21. The zero-order valence-electron chi connectivity index (χ0n) is 12.2. The maximum absolute atomic E-state index is 5.57. The van der Waals surface area contributed by atoms with Gasteiger partial charge in [0.2, 0.25) is 0 Å². The summed E-state index contributed by atoms with van der Waals surface area (Å²) in [4.78, 5) is 7.91. The first-order valence-corrected chi connectivity index (χ1v) is 8.05. The van der Waals surface area contributed by atoms with Gasteiger partial charge in [-0.05, 0) is 12.3 Å². The molecule has 2 heterocycles. The molecule has 0 spiro atoms. The molecular formula is C15H18N4OS. The van der Waals surface area contributed by atoms with Gasteiger partial charge in [0.25, 0.3) is 0 Å². The third kappa shape index (κ3) is 2.69. The summed E-state index contributed by atoms with van der Waals surface area (Å²) in [5.74, 6) is 1.75. The Morgan fingerprint density at radius 2 is 2.24 bits per heavy atom. The summed E-state index contributed by atoms with van der Waals surface area (Å²) >= 11 is 1.69. The van der Waals surface area contributed by atoms with Gasteiger partial charge in [-0.2, -0.15) is 0 Å². The van der Waals surface area contributed by atoms with E-state index < -0.39 is 0 Å². The number of hydrogen-bond donors (Lipinski definition) is 1. The van der Waals surface area contributed by atoms with E-state index in [0.29, 0.717) is 12.3 Å². The van der Waals surface area contributed by atoms with Gasteiger partial charge in [0, 0.05) is 35.7 Å². The number of amidine groups is 1. The maximum atomic E-state index is 5.57. The molecule has 110 valence electrons. The summed E-state index contributed by atoms with van der Waals surface area (Å²) < 4.78 is 5.20. The van der Waals surface area contributed by atoms with Crippen LogP contribution in [-0.4, -0.2) is 42.3 Å². The Morgan fingerprint density at radius 3 is 2.86 bits per heavy atom. The maximum Gasteiger partial charge on any atom is 0.150 e. The lowest BCUT2D eigenvalue weighted by molar-refractivity contribution is 0.387. The molecular weight excluding hydrogens is 284 g/mol. The van der Waals surface area contributed by atoms with Crippen LogP contribution in [-0.2, 0) is 6.54 Å². The summed E-state index contributed by atoms with van der Waals surface area (Å²) in [6.45, 7) is 2.21. The molecule has 0 aliphatic carbocycles. The van der Waals surface area contributed by atoms with Crippen LogP contribution in [0.4, 0.5) is 0 Å². The minimum absolute atomic E-state index is 0.362. The second kappa shape index (κ2) is 5.91. The molecule has 0 unspecified atom stereocenters. The first kappa shape index (κ1) is 14.2. The van der Waals surface area contributed by atoms with Crippen molar-refractivity contribution >= 4 is 17.6 Å². The molecule has 0 saturated carbocycles. The van der Waals surface area contributed by atoms with Crippen molar-refractivity contribution in [2.75, 3.05) is 26.4 Å². The molecule has 1 aromatic carbocycles. The summed E-state index contributed by atoms with van der Waals surface area (Å²) in [6, 6.07) is 8.23. The SMILES string of the molecule is CSc1cc(C2=NCCN2C)ccc1-c1cc(CN)on1. The number of rotatable bonds is 4. The summed E-state index contributed by atoms with van der Waals surface area (Å²) in [5, 5.41) is 4.10. The van der Waals surface area contributed by atoms with E-state index in [1.165, 1.54) is 0 Å². The molecule has 0 amide bonds. The first-order valence-electron chi connectivity index (χ1n) is 6.83. The second-order valence-corrected chi connectivity index (χ2v) is 5.77. The van der Waals surface area contributed by atoms with Crippen LogP contribution in [0.5, 0.6) is 0 Å². The van der Waals surface area contributed by atoms with Gasteiger partial charge in [-0.3, -0.25) is 4.99 Å². The number of aromatic nitrogens is 1. The molecule has 0 radical (unpaired) electrons. The lowest BCUT2D eigenvalue weighted by Gasteiger charge is -2.15. The van der Waals surface area contributed by atoms with Gasteiger partial charge >= 0.3 is 0 Å². The number of nitrogens with zero attached hydrogens (tertiary/aromatic N) is 3. The van der Waals surface area contributed by atoms with Crippen molar-refractivity contribution in [2.24, 2.45) is 10.7 Å². The lowest BCUT2D eigenvalue weighted by Crippen LogP contribution is -2.23. The molecule has 1 aliphatic heterocycles. The highest BCUT2D eigenvalue weighted by Crippen LogP contribution is 2.31. The summed E-state index contributed by atoms with van der Waals surface area (Å²) in [6.07, 6.45) is 2.06. The first-order chi connectivity index (χ1) is 10.2. The number of aliphatic imine (C=N–C) groups is 1. The number of hydrogen-bond acceptors (Lipinski definition) is 6. The third-order valence-corrected chi connectivity index (χ3v) is 4.33. The van der Waals surface area contributed by atoms with Gasteiger partial charge in [0.1, 0.15) is 11.5 Å². The normalized spacial score (nSPS) is 14.6. The van der Waals surface area contributed by atoms with Crippen LogP contribution in [0, 0.1) is 0 Å². The predicted molar refractivity (Wildman–Crippen MR) is 85.6 cm³/mol. The molecule has 2 aromatic rings. The van der Waals surface area contributed by atoms with Crippen molar-refractivity contribution in [3.8, 4) is 11.3 Å². The fraction of sp³-hybridized carbons (Fsp3) is 0.333. The summed E-state index contributed by atoms with van der Waals surface area (Å²) in [5.41, 5.74) is 8.61. The second-order valence-electron chi connectivity index (χ2n) is 4.92. The average Bonchev–Trinajstić information content (AvgIpc) is 3.15. The minimum Gasteiger partial charge on any atom is -0.359 e. The average molecular weight is 302 g/mol. The number of likely N-dealkylation sites (N-methyl/N-ethyl adjacent to an activating group) is 1. The van der Waals surface area contributed by atoms with Crippen LogP contribution in [0.1, 0.15) is 11.3 Å². The van der Waals surface area contributed by atoms with Crippen LogP contribution in [0.25, 0.3) is 11.3 Å². The highest BCUT2D eigenvalue weighted by molar-refractivity contribution is 7.98. The van der Waals surface area contributed by atoms with Gasteiger partial charge in [-0.25, -0.2) is 0 Å². The number of nitrogens with two attached hydrogens (primary N) is 1. The Bertz CT molecular complexity index is 680. The van der Waals surface area contributed by atoms with E-state index >= 15 is 0 Å². The van der Waals surface area contributed by atoms with E-state index in [4.69, 9.17) is 10.3 Å². The topological polar surface area (TPSA) is 67.7 Å². The highest BCUT2D eigenvalue weighted by atomic mass is 32.2. The van der Waals surface area contributed by atoms with E-state index in [1.807, 2.05) is 6.07 Å². The Kier molecular flexibility index (Phi) is 3.98. The Labute approximate surface area is 128 Å². The molecule has 0 bridgehead atoms. The van der Waals surface area contributed by atoms with Crippen molar-refractivity contribution in [3.63, 3.8) is 0 Å². The van der Waals surface area contributed by atoms with E-state index in [1.54, 1.807) is 11.8 Å². The molecule has 0 fully saturated rings. The number of benzene rings is 1. The van der Waals surface area contributed by atoms with Crippen molar-refractivity contribution in [1.29, 1.82) is 0 Å². The molecule has 2 N–H and O–H groups in total. The smallest absolute Gasteiger partial charge is 0.150 e. The monoisotopic (exact) mass is 302 g/mol. The van der Waals surface area contributed by atoms with Crippen LogP contribution in [0.2, 0.25) is 0 Å².